The maximum absolute atomic E-state index is 11.3. The first kappa shape index (κ1) is 11.8. The SMILES string of the molecule is C=CCCC(=O)[n+]1ccccc1.[Cl-]. The van der Waals surface area contributed by atoms with Gasteiger partial charge in [-0.2, -0.15) is 0 Å². The van der Waals surface area contributed by atoms with Gasteiger partial charge in [0.15, 0.2) is 12.4 Å². The van der Waals surface area contributed by atoms with Gasteiger partial charge in [-0.15, -0.1) is 11.1 Å². The quantitative estimate of drug-likeness (QED) is 0.431. The second kappa shape index (κ2) is 6.38. The summed E-state index contributed by atoms with van der Waals surface area (Å²) in [5.41, 5.74) is 0. The van der Waals surface area contributed by atoms with Crippen LogP contribution in [-0.2, 0) is 0 Å². The molecule has 70 valence electrons. The standard InChI is InChI=1S/C10H12NO.ClH/c1-2-3-7-10(12)11-8-5-4-6-9-11;/h2,4-6,8-9H,1,3,7H2;1H/q+1;/p-1. The van der Waals surface area contributed by atoms with Crippen LogP contribution in [0.4, 0.5) is 0 Å². The molecule has 0 aliphatic heterocycles. The van der Waals surface area contributed by atoms with Crippen LogP contribution in [0.3, 0.4) is 0 Å². The van der Waals surface area contributed by atoms with Gasteiger partial charge in [-0.1, -0.05) is 12.1 Å². The summed E-state index contributed by atoms with van der Waals surface area (Å²) >= 11 is 0. The predicted octanol–water partition coefficient (Wildman–Crippen LogP) is -1.42. The van der Waals surface area contributed by atoms with Crippen molar-refractivity contribution in [2.75, 3.05) is 0 Å². The molecule has 3 heteroatoms. The average Bonchev–Trinajstić information content (AvgIpc) is 2.15. The second-order valence-corrected chi connectivity index (χ2v) is 2.50. The third kappa shape index (κ3) is 3.85. The summed E-state index contributed by atoms with van der Waals surface area (Å²) in [6.07, 6.45) is 6.52. The summed E-state index contributed by atoms with van der Waals surface area (Å²) in [6, 6.07) is 5.56. The number of pyridine rings is 1. The van der Waals surface area contributed by atoms with E-state index in [4.69, 9.17) is 0 Å². The molecule has 2 nitrogen and oxygen atoms in total. The fourth-order valence-corrected chi connectivity index (χ4v) is 0.920. The molecule has 13 heavy (non-hydrogen) atoms. The van der Waals surface area contributed by atoms with Gasteiger partial charge < -0.3 is 12.4 Å². The molecule has 0 bridgehead atoms. The monoisotopic (exact) mass is 197 g/mol. The second-order valence-electron chi connectivity index (χ2n) is 2.50. The first-order valence-corrected chi connectivity index (χ1v) is 3.95. The Labute approximate surface area is 84.3 Å². The Morgan fingerprint density at radius 1 is 1.31 bits per heavy atom. The van der Waals surface area contributed by atoms with Crippen LogP contribution in [0.25, 0.3) is 0 Å². The van der Waals surface area contributed by atoms with Crippen molar-refractivity contribution in [3.05, 3.63) is 43.2 Å². The largest absolute Gasteiger partial charge is 1.00 e. The molecule has 0 aliphatic carbocycles. The minimum Gasteiger partial charge on any atom is -1.00 e. The van der Waals surface area contributed by atoms with Gasteiger partial charge in [0.05, 0.1) is 6.42 Å². The van der Waals surface area contributed by atoms with Gasteiger partial charge in [-0.3, -0.25) is 0 Å². The third-order valence-electron chi connectivity index (χ3n) is 1.57. The van der Waals surface area contributed by atoms with Crippen LogP contribution in [0.1, 0.15) is 17.6 Å². The van der Waals surface area contributed by atoms with Gasteiger partial charge in [0.1, 0.15) is 0 Å². The Bertz CT molecular complexity index is 272. The zero-order valence-electron chi connectivity index (χ0n) is 7.32. The normalized spacial score (nSPS) is 8.62. The lowest BCUT2D eigenvalue weighted by atomic mass is 10.3. The number of carbonyl (C=O) groups is 1. The number of hydrogen-bond acceptors (Lipinski definition) is 1. The lowest BCUT2D eigenvalue weighted by Crippen LogP contribution is -3.00. The number of allylic oxidation sites excluding steroid dienone is 1. The molecule has 0 saturated carbocycles. The van der Waals surface area contributed by atoms with Gasteiger partial charge >= 0.3 is 5.91 Å². The van der Waals surface area contributed by atoms with Crippen LogP contribution in [0.15, 0.2) is 43.2 Å². The smallest absolute Gasteiger partial charge is 0.392 e. The van der Waals surface area contributed by atoms with E-state index in [2.05, 4.69) is 6.58 Å². The zero-order chi connectivity index (χ0) is 8.81. The van der Waals surface area contributed by atoms with Crippen molar-refractivity contribution < 1.29 is 21.8 Å². The van der Waals surface area contributed by atoms with Crippen molar-refractivity contribution >= 4 is 5.91 Å². The van der Waals surface area contributed by atoms with E-state index in [0.717, 1.165) is 6.42 Å². The molecule has 1 heterocycles. The van der Waals surface area contributed by atoms with Gasteiger partial charge in [-0.05, 0) is 6.42 Å². The van der Waals surface area contributed by atoms with Crippen molar-refractivity contribution in [1.29, 1.82) is 0 Å². The van der Waals surface area contributed by atoms with E-state index >= 15 is 0 Å². The van der Waals surface area contributed by atoms with Gasteiger partial charge in [0.2, 0.25) is 0 Å². The predicted molar refractivity (Wildman–Crippen MR) is 46.7 cm³/mol. The van der Waals surface area contributed by atoms with Crippen molar-refractivity contribution in [1.82, 2.24) is 0 Å². The number of rotatable bonds is 3. The molecule has 1 rings (SSSR count). The number of carbonyl (C=O) groups excluding carboxylic acids is 1. The minimum atomic E-state index is 0. The molecule has 0 unspecified atom stereocenters. The Hall–Kier alpha value is -1.15. The molecule has 0 spiro atoms. The van der Waals surface area contributed by atoms with Crippen LogP contribution in [-0.4, -0.2) is 5.91 Å². The summed E-state index contributed by atoms with van der Waals surface area (Å²) in [4.78, 5) is 11.3. The maximum Gasteiger partial charge on any atom is 0.392 e. The molecule has 0 N–H and O–H groups in total. The molecule has 1 aromatic heterocycles. The van der Waals surface area contributed by atoms with Crippen molar-refractivity contribution in [2.45, 2.75) is 12.8 Å². The van der Waals surface area contributed by atoms with Crippen LogP contribution >= 0.6 is 0 Å². The van der Waals surface area contributed by atoms with E-state index < -0.39 is 0 Å². The molecule has 1 aromatic rings. The average molecular weight is 198 g/mol. The molecule has 0 aromatic carbocycles. The van der Waals surface area contributed by atoms with Crippen LogP contribution in [0.2, 0.25) is 0 Å². The summed E-state index contributed by atoms with van der Waals surface area (Å²) in [5.74, 6) is 0.107. The highest BCUT2D eigenvalue weighted by atomic mass is 35.5. The molecule has 0 radical (unpaired) electrons. The van der Waals surface area contributed by atoms with E-state index in [9.17, 15) is 4.79 Å². The van der Waals surface area contributed by atoms with Gasteiger partial charge in [0.25, 0.3) is 0 Å². The molecular formula is C10H12ClNO. The molecule has 0 atom stereocenters. The number of aromatic nitrogens is 1. The maximum atomic E-state index is 11.3. The molecular weight excluding hydrogens is 186 g/mol. The zero-order valence-corrected chi connectivity index (χ0v) is 8.07. The summed E-state index contributed by atoms with van der Waals surface area (Å²) in [7, 11) is 0. The Kier molecular flexibility index (Phi) is 5.81. The highest BCUT2D eigenvalue weighted by Gasteiger charge is 2.10. The number of halogens is 1. The lowest BCUT2D eigenvalue weighted by Gasteiger charge is -1.90. The fourth-order valence-electron chi connectivity index (χ4n) is 0.920. The summed E-state index contributed by atoms with van der Waals surface area (Å²) < 4.78 is 1.59. The topological polar surface area (TPSA) is 20.9 Å². The van der Waals surface area contributed by atoms with Crippen molar-refractivity contribution in [3.63, 3.8) is 0 Å². The first-order valence-electron chi connectivity index (χ1n) is 3.95. The highest BCUT2D eigenvalue weighted by Crippen LogP contribution is 1.89. The molecule has 0 saturated heterocycles. The fraction of sp³-hybridized carbons (Fsp3) is 0.200. The van der Waals surface area contributed by atoms with Crippen molar-refractivity contribution in [3.8, 4) is 0 Å². The van der Waals surface area contributed by atoms with E-state index in [0.29, 0.717) is 6.42 Å². The number of nitrogens with zero attached hydrogens (tertiary/aromatic N) is 1. The molecule has 0 amide bonds. The first-order chi connectivity index (χ1) is 5.84. The highest BCUT2D eigenvalue weighted by molar-refractivity contribution is 5.66. The van der Waals surface area contributed by atoms with E-state index in [1.807, 2.05) is 18.2 Å². The third-order valence-corrected chi connectivity index (χ3v) is 1.57. The van der Waals surface area contributed by atoms with E-state index in [-0.39, 0.29) is 18.3 Å². The Balaban J connectivity index is 0.00000144. The Morgan fingerprint density at radius 3 is 2.46 bits per heavy atom. The van der Waals surface area contributed by atoms with E-state index in [1.54, 1.807) is 23.0 Å². The number of hydrogen-bond donors (Lipinski definition) is 0. The lowest BCUT2D eigenvalue weighted by molar-refractivity contribution is -0.574. The summed E-state index contributed by atoms with van der Waals surface area (Å²) in [6.45, 7) is 3.56. The van der Waals surface area contributed by atoms with Crippen LogP contribution in [0, 0.1) is 0 Å². The van der Waals surface area contributed by atoms with Crippen LogP contribution in [0.5, 0.6) is 0 Å². The van der Waals surface area contributed by atoms with E-state index in [1.165, 1.54) is 0 Å². The Morgan fingerprint density at radius 2 is 1.92 bits per heavy atom. The molecule has 0 aliphatic rings. The van der Waals surface area contributed by atoms with Gasteiger partial charge in [-0.25, -0.2) is 4.79 Å². The molecule has 0 fully saturated rings. The van der Waals surface area contributed by atoms with Crippen molar-refractivity contribution in [2.24, 2.45) is 0 Å². The van der Waals surface area contributed by atoms with Crippen LogP contribution < -0.4 is 17.0 Å². The summed E-state index contributed by atoms with van der Waals surface area (Å²) in [5, 5.41) is 0. The van der Waals surface area contributed by atoms with Gasteiger partial charge in [0, 0.05) is 12.1 Å². The minimum absolute atomic E-state index is 0.